The Morgan fingerprint density at radius 2 is 2.27 bits per heavy atom. The van der Waals surface area contributed by atoms with Gasteiger partial charge in [-0.3, -0.25) is 4.90 Å². The van der Waals surface area contributed by atoms with Gasteiger partial charge < -0.3 is 10.4 Å². The van der Waals surface area contributed by atoms with Crippen LogP contribution in [0.15, 0.2) is 0 Å². The zero-order valence-electron chi connectivity index (χ0n) is 9.49. The average molecular weight is 212 g/mol. The van der Waals surface area contributed by atoms with E-state index in [1.165, 1.54) is 0 Å². The van der Waals surface area contributed by atoms with Crippen LogP contribution in [0.25, 0.3) is 0 Å². The Balaban J connectivity index is 1.97. The third-order valence-electron chi connectivity index (χ3n) is 3.51. The van der Waals surface area contributed by atoms with Crippen molar-refractivity contribution in [1.29, 1.82) is 0 Å². The number of rotatable bonds is 2. The van der Waals surface area contributed by atoms with Crippen LogP contribution in [0, 0.1) is 5.92 Å². The topological polar surface area (TPSA) is 52.6 Å². The molecule has 1 saturated carbocycles. The van der Waals surface area contributed by atoms with Gasteiger partial charge in [0.1, 0.15) is 0 Å². The fourth-order valence-electron chi connectivity index (χ4n) is 2.51. The van der Waals surface area contributed by atoms with E-state index >= 15 is 0 Å². The average Bonchev–Trinajstić information content (AvgIpc) is 2.88. The number of piperazine rings is 1. The fourth-order valence-corrected chi connectivity index (χ4v) is 2.51. The van der Waals surface area contributed by atoms with Crippen molar-refractivity contribution < 1.29 is 9.90 Å². The van der Waals surface area contributed by atoms with Gasteiger partial charge in [-0.1, -0.05) is 13.8 Å². The highest BCUT2D eigenvalue weighted by Gasteiger charge is 2.53. The first-order valence-electron chi connectivity index (χ1n) is 5.77. The minimum Gasteiger partial charge on any atom is -0.465 e. The predicted molar refractivity (Wildman–Crippen MR) is 57.9 cm³/mol. The summed E-state index contributed by atoms with van der Waals surface area (Å²) in [6.45, 7) is 5.85. The summed E-state index contributed by atoms with van der Waals surface area (Å²) in [5.74, 6) is 0.617. The second-order valence-electron chi connectivity index (χ2n) is 5.32. The predicted octanol–water partition coefficient (Wildman–Crippen LogP) is 1.52. The van der Waals surface area contributed by atoms with Gasteiger partial charge in [-0.25, -0.2) is 4.79 Å². The maximum absolute atomic E-state index is 11.1. The molecule has 1 heterocycles. The molecule has 0 aromatic heterocycles. The lowest BCUT2D eigenvalue weighted by Crippen LogP contribution is -2.59. The summed E-state index contributed by atoms with van der Waals surface area (Å²) < 4.78 is 0. The second-order valence-corrected chi connectivity index (χ2v) is 5.32. The number of hydrogen-bond donors (Lipinski definition) is 2. The van der Waals surface area contributed by atoms with Gasteiger partial charge >= 0.3 is 6.09 Å². The van der Waals surface area contributed by atoms with Crippen molar-refractivity contribution in [3.63, 3.8) is 0 Å². The van der Waals surface area contributed by atoms with Gasteiger partial charge in [0.2, 0.25) is 0 Å². The Labute approximate surface area is 90.6 Å². The lowest BCUT2D eigenvalue weighted by atomic mass is 9.99. The van der Waals surface area contributed by atoms with Crippen molar-refractivity contribution in [3.05, 3.63) is 0 Å². The first kappa shape index (κ1) is 10.7. The Bertz CT molecular complexity index is 261. The highest BCUT2D eigenvalue weighted by molar-refractivity contribution is 5.67. The lowest BCUT2D eigenvalue weighted by molar-refractivity contribution is 0.0856. The van der Waals surface area contributed by atoms with E-state index in [1.54, 1.807) is 4.90 Å². The van der Waals surface area contributed by atoms with Crippen LogP contribution in [0.5, 0.6) is 0 Å². The second kappa shape index (κ2) is 3.67. The lowest BCUT2D eigenvalue weighted by Gasteiger charge is -2.39. The van der Waals surface area contributed by atoms with E-state index in [2.05, 4.69) is 19.2 Å². The van der Waals surface area contributed by atoms with E-state index in [0.717, 1.165) is 25.8 Å². The number of hydrogen-bond acceptors (Lipinski definition) is 2. The smallest absolute Gasteiger partial charge is 0.407 e. The van der Waals surface area contributed by atoms with Crippen molar-refractivity contribution in [2.45, 2.75) is 44.7 Å². The molecule has 1 spiro atoms. The Morgan fingerprint density at radius 3 is 2.73 bits per heavy atom. The molecule has 1 aliphatic heterocycles. The summed E-state index contributed by atoms with van der Waals surface area (Å²) in [6.07, 6.45) is 2.36. The van der Waals surface area contributed by atoms with Gasteiger partial charge in [-0.15, -0.1) is 0 Å². The Kier molecular flexibility index (Phi) is 2.63. The first-order chi connectivity index (χ1) is 7.03. The molecule has 0 unspecified atom stereocenters. The first-order valence-corrected chi connectivity index (χ1v) is 5.77. The third-order valence-corrected chi connectivity index (χ3v) is 3.51. The molecule has 0 radical (unpaired) electrons. The van der Waals surface area contributed by atoms with E-state index in [0.29, 0.717) is 18.5 Å². The van der Waals surface area contributed by atoms with Gasteiger partial charge in [0.15, 0.2) is 0 Å². The summed E-state index contributed by atoms with van der Waals surface area (Å²) >= 11 is 0. The molecule has 4 nitrogen and oxygen atoms in total. The number of amides is 1. The zero-order chi connectivity index (χ0) is 11.1. The van der Waals surface area contributed by atoms with Crippen molar-refractivity contribution in [2.75, 3.05) is 13.1 Å². The molecule has 1 amide bonds. The minimum atomic E-state index is -0.747. The summed E-state index contributed by atoms with van der Waals surface area (Å²) in [7, 11) is 0. The van der Waals surface area contributed by atoms with Gasteiger partial charge in [0.25, 0.3) is 0 Å². The number of carboxylic acid groups (broad SMARTS) is 1. The van der Waals surface area contributed by atoms with Crippen LogP contribution in [0.1, 0.15) is 33.1 Å². The van der Waals surface area contributed by atoms with Crippen molar-refractivity contribution >= 4 is 6.09 Å². The monoisotopic (exact) mass is 212 g/mol. The molecule has 2 fully saturated rings. The maximum Gasteiger partial charge on any atom is 0.407 e. The number of nitrogens with one attached hydrogen (secondary N) is 1. The largest absolute Gasteiger partial charge is 0.465 e. The molecule has 1 saturated heterocycles. The van der Waals surface area contributed by atoms with Crippen LogP contribution in [-0.2, 0) is 0 Å². The van der Waals surface area contributed by atoms with E-state index in [4.69, 9.17) is 5.11 Å². The van der Waals surface area contributed by atoms with Gasteiger partial charge in [-0.2, -0.15) is 0 Å². The molecule has 0 bridgehead atoms. The molecule has 1 atom stereocenters. The van der Waals surface area contributed by atoms with Crippen LogP contribution in [0.4, 0.5) is 4.79 Å². The quantitative estimate of drug-likeness (QED) is 0.729. The minimum absolute atomic E-state index is 0.0423. The molecule has 2 aliphatic rings. The molecule has 4 heteroatoms. The molecule has 1 aliphatic carbocycles. The van der Waals surface area contributed by atoms with Crippen molar-refractivity contribution in [2.24, 2.45) is 5.92 Å². The maximum atomic E-state index is 11.1. The van der Waals surface area contributed by atoms with Gasteiger partial charge in [-0.05, 0) is 25.2 Å². The van der Waals surface area contributed by atoms with Crippen LogP contribution >= 0.6 is 0 Å². The van der Waals surface area contributed by atoms with E-state index in [1.807, 2.05) is 0 Å². The van der Waals surface area contributed by atoms with Crippen molar-refractivity contribution in [1.82, 2.24) is 10.2 Å². The van der Waals surface area contributed by atoms with Crippen LogP contribution in [-0.4, -0.2) is 40.8 Å². The standard InChI is InChI=1S/C11H20N2O2/c1-8(2)5-9-6-13(10(14)15)11(3-4-11)7-12-9/h8-9,12H,3-7H2,1-2H3,(H,14,15)/t9-/m1/s1. The summed E-state index contributed by atoms with van der Waals surface area (Å²) in [6, 6.07) is 0.340. The highest BCUT2D eigenvalue weighted by atomic mass is 16.4. The van der Waals surface area contributed by atoms with Crippen LogP contribution in [0.3, 0.4) is 0 Å². The normalized spacial score (nSPS) is 28.5. The number of nitrogens with zero attached hydrogens (tertiary/aromatic N) is 1. The van der Waals surface area contributed by atoms with E-state index in [9.17, 15) is 4.79 Å². The summed E-state index contributed by atoms with van der Waals surface area (Å²) in [5.41, 5.74) is -0.0423. The molecule has 2 rings (SSSR count). The molecular formula is C11H20N2O2. The zero-order valence-corrected chi connectivity index (χ0v) is 9.49. The van der Waals surface area contributed by atoms with E-state index in [-0.39, 0.29) is 5.54 Å². The molecular weight excluding hydrogens is 192 g/mol. The SMILES string of the molecule is CC(C)C[C@@H]1CN(C(=O)O)C2(CC2)CN1. The molecule has 86 valence electrons. The number of carbonyl (C=O) groups is 1. The van der Waals surface area contributed by atoms with Gasteiger partial charge in [0.05, 0.1) is 5.54 Å². The van der Waals surface area contributed by atoms with Gasteiger partial charge in [0, 0.05) is 19.1 Å². The van der Waals surface area contributed by atoms with E-state index < -0.39 is 6.09 Å². The third kappa shape index (κ3) is 2.09. The Hall–Kier alpha value is -0.770. The summed E-state index contributed by atoms with van der Waals surface area (Å²) in [4.78, 5) is 12.8. The molecule has 15 heavy (non-hydrogen) atoms. The molecule has 0 aromatic rings. The molecule has 2 N–H and O–H groups in total. The fraction of sp³-hybridized carbons (Fsp3) is 0.909. The van der Waals surface area contributed by atoms with Crippen LogP contribution in [0.2, 0.25) is 0 Å². The molecule has 0 aromatic carbocycles. The highest BCUT2D eigenvalue weighted by Crippen LogP contribution is 2.43. The summed E-state index contributed by atoms with van der Waals surface area (Å²) in [5, 5.41) is 12.6. The van der Waals surface area contributed by atoms with Crippen molar-refractivity contribution in [3.8, 4) is 0 Å². The van der Waals surface area contributed by atoms with Crippen LogP contribution < -0.4 is 5.32 Å². The Morgan fingerprint density at radius 1 is 1.60 bits per heavy atom.